The molecule has 0 atom stereocenters. The first kappa shape index (κ1) is 12.3. The minimum Gasteiger partial charge on any atom is -0.478 e. The number of hydrogen-bond acceptors (Lipinski definition) is 4. The first-order valence-corrected chi connectivity index (χ1v) is 6.09. The van der Waals surface area contributed by atoms with Crippen LogP contribution in [0.15, 0.2) is 30.9 Å². The minimum atomic E-state index is -0.958. The number of carbonyl (C=O) groups is 2. The molecular formula is C13H12N4O3. The Hall–Kier alpha value is -2.70. The van der Waals surface area contributed by atoms with E-state index in [-0.39, 0.29) is 18.0 Å². The molecule has 102 valence electrons. The molecule has 1 aromatic heterocycles. The van der Waals surface area contributed by atoms with Crippen molar-refractivity contribution in [2.24, 2.45) is 0 Å². The van der Waals surface area contributed by atoms with Gasteiger partial charge >= 0.3 is 5.97 Å². The summed E-state index contributed by atoms with van der Waals surface area (Å²) < 4.78 is 1.47. The summed E-state index contributed by atoms with van der Waals surface area (Å²) in [6, 6.07) is 4.95. The first-order chi connectivity index (χ1) is 9.63. The van der Waals surface area contributed by atoms with Gasteiger partial charge in [-0.3, -0.25) is 4.79 Å². The summed E-state index contributed by atoms with van der Waals surface area (Å²) in [4.78, 5) is 28.5. The van der Waals surface area contributed by atoms with Crippen LogP contribution >= 0.6 is 0 Å². The molecule has 1 N–H and O–H groups in total. The molecule has 0 spiro atoms. The van der Waals surface area contributed by atoms with Crippen molar-refractivity contribution in [2.45, 2.75) is 19.6 Å². The van der Waals surface area contributed by atoms with E-state index in [1.54, 1.807) is 23.1 Å². The Labute approximate surface area is 114 Å². The zero-order valence-electron chi connectivity index (χ0n) is 10.6. The number of benzene rings is 1. The van der Waals surface area contributed by atoms with Crippen molar-refractivity contribution in [1.29, 1.82) is 0 Å². The van der Waals surface area contributed by atoms with Gasteiger partial charge in [0.2, 0.25) is 5.91 Å². The molecule has 3 rings (SSSR count). The standard InChI is InChI=1S/C13H12N4O3/c18-12(6-17-8-14-7-15-17)16-4-10-2-1-9(13(19)20)3-11(10)5-16/h1-3,7-8H,4-6H2,(H,19,20). The van der Waals surface area contributed by atoms with Crippen LogP contribution in [0.4, 0.5) is 0 Å². The maximum atomic E-state index is 12.1. The first-order valence-electron chi connectivity index (χ1n) is 6.09. The predicted octanol–water partition coefficient (Wildman–Crippen LogP) is 0.519. The summed E-state index contributed by atoms with van der Waals surface area (Å²) in [7, 11) is 0. The fourth-order valence-corrected chi connectivity index (χ4v) is 2.26. The van der Waals surface area contributed by atoms with E-state index < -0.39 is 5.97 Å². The van der Waals surface area contributed by atoms with Crippen molar-refractivity contribution < 1.29 is 14.7 Å². The Kier molecular flexibility index (Phi) is 2.94. The zero-order valence-corrected chi connectivity index (χ0v) is 10.6. The third-order valence-electron chi connectivity index (χ3n) is 3.29. The van der Waals surface area contributed by atoms with Crippen molar-refractivity contribution in [3.63, 3.8) is 0 Å². The van der Waals surface area contributed by atoms with Crippen molar-refractivity contribution in [3.8, 4) is 0 Å². The van der Waals surface area contributed by atoms with Crippen LogP contribution in [0.5, 0.6) is 0 Å². The number of fused-ring (bicyclic) bond motifs is 1. The number of aromatic nitrogens is 3. The molecule has 2 heterocycles. The van der Waals surface area contributed by atoms with E-state index in [2.05, 4.69) is 10.1 Å². The van der Waals surface area contributed by atoms with Crippen LogP contribution in [0.1, 0.15) is 21.5 Å². The molecule has 1 amide bonds. The van der Waals surface area contributed by atoms with Crippen LogP contribution in [0, 0.1) is 0 Å². The summed E-state index contributed by atoms with van der Waals surface area (Å²) in [5.41, 5.74) is 2.12. The second-order valence-corrected chi connectivity index (χ2v) is 4.63. The van der Waals surface area contributed by atoms with Crippen molar-refractivity contribution in [3.05, 3.63) is 47.5 Å². The average molecular weight is 272 g/mol. The highest BCUT2D eigenvalue weighted by molar-refractivity contribution is 5.88. The SMILES string of the molecule is O=C(O)c1ccc2c(c1)CN(C(=O)Cn1cncn1)C2. The normalized spacial score (nSPS) is 13.3. The van der Waals surface area contributed by atoms with Gasteiger partial charge in [0.15, 0.2) is 0 Å². The molecule has 0 radical (unpaired) electrons. The fraction of sp³-hybridized carbons (Fsp3) is 0.231. The summed E-state index contributed by atoms with van der Waals surface area (Å²) in [6.45, 7) is 1.08. The van der Waals surface area contributed by atoms with Crippen LogP contribution in [-0.2, 0) is 24.4 Å². The number of carboxylic acid groups (broad SMARTS) is 1. The monoisotopic (exact) mass is 272 g/mol. The van der Waals surface area contributed by atoms with Gasteiger partial charge in [0.05, 0.1) is 5.56 Å². The van der Waals surface area contributed by atoms with Crippen molar-refractivity contribution in [2.75, 3.05) is 0 Å². The number of aromatic carboxylic acids is 1. The number of nitrogens with zero attached hydrogens (tertiary/aromatic N) is 4. The molecular weight excluding hydrogens is 260 g/mol. The molecule has 0 aliphatic carbocycles. The molecule has 1 aromatic carbocycles. The van der Waals surface area contributed by atoms with Gasteiger partial charge < -0.3 is 10.0 Å². The quantitative estimate of drug-likeness (QED) is 0.880. The Bertz CT molecular complexity index is 666. The molecule has 7 nitrogen and oxygen atoms in total. The highest BCUT2D eigenvalue weighted by Crippen LogP contribution is 2.24. The molecule has 0 bridgehead atoms. The number of rotatable bonds is 3. The van der Waals surface area contributed by atoms with Gasteiger partial charge in [-0.15, -0.1) is 0 Å². The third kappa shape index (κ3) is 2.25. The van der Waals surface area contributed by atoms with Crippen LogP contribution in [0.2, 0.25) is 0 Å². The molecule has 1 aliphatic rings. The van der Waals surface area contributed by atoms with E-state index >= 15 is 0 Å². The summed E-state index contributed by atoms with van der Waals surface area (Å²) >= 11 is 0. The van der Waals surface area contributed by atoms with Gasteiger partial charge in [-0.1, -0.05) is 6.07 Å². The average Bonchev–Trinajstić information content (AvgIpc) is 3.05. The van der Waals surface area contributed by atoms with E-state index in [0.717, 1.165) is 11.1 Å². The maximum Gasteiger partial charge on any atom is 0.335 e. The smallest absolute Gasteiger partial charge is 0.335 e. The molecule has 0 unspecified atom stereocenters. The van der Waals surface area contributed by atoms with E-state index in [9.17, 15) is 9.59 Å². The molecule has 2 aromatic rings. The summed E-state index contributed by atoms with van der Waals surface area (Å²) in [5.74, 6) is -1.02. The predicted molar refractivity (Wildman–Crippen MR) is 67.7 cm³/mol. The Balaban J connectivity index is 1.73. The van der Waals surface area contributed by atoms with Crippen molar-refractivity contribution >= 4 is 11.9 Å². The van der Waals surface area contributed by atoms with Gasteiger partial charge in [0.25, 0.3) is 0 Å². The van der Waals surface area contributed by atoms with Crippen LogP contribution in [0.3, 0.4) is 0 Å². The lowest BCUT2D eigenvalue weighted by Crippen LogP contribution is -2.29. The Morgan fingerprint density at radius 3 is 2.75 bits per heavy atom. The van der Waals surface area contributed by atoms with Gasteiger partial charge in [-0.05, 0) is 23.3 Å². The highest BCUT2D eigenvalue weighted by atomic mass is 16.4. The molecule has 7 heteroatoms. The van der Waals surface area contributed by atoms with Crippen molar-refractivity contribution in [1.82, 2.24) is 19.7 Å². The highest BCUT2D eigenvalue weighted by Gasteiger charge is 2.24. The molecule has 20 heavy (non-hydrogen) atoms. The second-order valence-electron chi connectivity index (χ2n) is 4.63. The van der Waals surface area contributed by atoms with Gasteiger partial charge in [0, 0.05) is 13.1 Å². The van der Waals surface area contributed by atoms with E-state index in [1.165, 1.54) is 17.3 Å². The fourth-order valence-electron chi connectivity index (χ4n) is 2.26. The molecule has 0 fully saturated rings. The molecule has 1 aliphatic heterocycles. The minimum absolute atomic E-state index is 0.0661. The number of carboxylic acids is 1. The lowest BCUT2D eigenvalue weighted by molar-refractivity contribution is -0.132. The largest absolute Gasteiger partial charge is 0.478 e. The lowest BCUT2D eigenvalue weighted by atomic mass is 10.1. The van der Waals surface area contributed by atoms with E-state index in [0.29, 0.717) is 13.1 Å². The van der Waals surface area contributed by atoms with Gasteiger partial charge in [-0.2, -0.15) is 5.10 Å². The number of amides is 1. The maximum absolute atomic E-state index is 12.1. The summed E-state index contributed by atoms with van der Waals surface area (Å²) in [5, 5.41) is 12.9. The van der Waals surface area contributed by atoms with E-state index in [1.807, 2.05) is 0 Å². The van der Waals surface area contributed by atoms with Gasteiger partial charge in [0.1, 0.15) is 19.2 Å². The number of hydrogen-bond donors (Lipinski definition) is 1. The summed E-state index contributed by atoms with van der Waals surface area (Å²) in [6.07, 6.45) is 2.87. The lowest BCUT2D eigenvalue weighted by Gasteiger charge is -2.14. The van der Waals surface area contributed by atoms with Gasteiger partial charge in [-0.25, -0.2) is 14.5 Å². The Morgan fingerprint density at radius 2 is 2.05 bits per heavy atom. The molecule has 0 saturated carbocycles. The van der Waals surface area contributed by atoms with Crippen LogP contribution in [0.25, 0.3) is 0 Å². The number of carbonyl (C=O) groups excluding carboxylic acids is 1. The van der Waals surface area contributed by atoms with E-state index in [4.69, 9.17) is 5.11 Å². The second kappa shape index (κ2) is 4.76. The van der Waals surface area contributed by atoms with Crippen LogP contribution < -0.4 is 0 Å². The zero-order chi connectivity index (χ0) is 14.1. The van der Waals surface area contributed by atoms with Crippen LogP contribution in [-0.4, -0.2) is 36.6 Å². The Morgan fingerprint density at radius 1 is 1.25 bits per heavy atom. The topological polar surface area (TPSA) is 88.3 Å². The molecule has 0 saturated heterocycles. The third-order valence-corrected chi connectivity index (χ3v) is 3.29.